The van der Waals surface area contributed by atoms with Gasteiger partial charge in [0.25, 0.3) is 0 Å². The number of hydrogen-bond donors (Lipinski definition) is 2. The van der Waals surface area contributed by atoms with E-state index in [1.807, 2.05) is 6.92 Å². The predicted octanol–water partition coefficient (Wildman–Crippen LogP) is 3.95. The first-order valence-electron chi connectivity index (χ1n) is 9.30. The van der Waals surface area contributed by atoms with Gasteiger partial charge in [0.15, 0.2) is 11.5 Å². The molecule has 0 aliphatic heterocycles. The van der Waals surface area contributed by atoms with E-state index < -0.39 is 11.8 Å². The summed E-state index contributed by atoms with van der Waals surface area (Å²) in [6.07, 6.45) is 3.13. The van der Waals surface area contributed by atoms with Gasteiger partial charge < -0.3 is 14.8 Å². The van der Waals surface area contributed by atoms with Gasteiger partial charge in [-0.25, -0.2) is 5.43 Å². The maximum absolute atomic E-state index is 11.7. The Labute approximate surface area is 185 Å². The van der Waals surface area contributed by atoms with Crippen LogP contribution in [0.3, 0.4) is 0 Å². The standard InChI is InChI=1S/C21H23Cl2N3O4/c1-3-4-9-24-20(27)21(28)26-25-12-14-5-8-18(19(10-14)29-2)30-13-15-6-7-16(22)11-17(15)23/h5-8,10-12H,3-4,9,13H2,1-2H3,(H,24,27)(H,26,28)/b25-12-. The van der Waals surface area contributed by atoms with Crippen molar-refractivity contribution in [2.75, 3.05) is 13.7 Å². The molecule has 2 aromatic carbocycles. The summed E-state index contributed by atoms with van der Waals surface area (Å²) in [6.45, 7) is 2.68. The molecular formula is C21H23Cl2N3O4. The SMILES string of the molecule is CCCCNC(=O)C(=O)N/N=C\c1ccc(OCc2ccc(Cl)cc2Cl)c(OC)c1. The van der Waals surface area contributed by atoms with Crippen LogP contribution in [0.15, 0.2) is 41.5 Å². The van der Waals surface area contributed by atoms with Crippen LogP contribution in [0.4, 0.5) is 0 Å². The highest BCUT2D eigenvalue weighted by Crippen LogP contribution is 2.29. The van der Waals surface area contributed by atoms with Crippen LogP contribution in [0.5, 0.6) is 11.5 Å². The first kappa shape index (κ1) is 23.5. The first-order valence-corrected chi connectivity index (χ1v) is 10.1. The molecule has 160 valence electrons. The molecule has 0 fully saturated rings. The number of carbonyl (C=O) groups is 2. The molecule has 0 aliphatic carbocycles. The number of hydrogen-bond acceptors (Lipinski definition) is 5. The zero-order valence-electron chi connectivity index (χ0n) is 16.7. The first-order chi connectivity index (χ1) is 14.4. The van der Waals surface area contributed by atoms with Gasteiger partial charge in [0.05, 0.1) is 13.3 Å². The lowest BCUT2D eigenvalue weighted by molar-refractivity contribution is -0.139. The van der Waals surface area contributed by atoms with Gasteiger partial charge in [0.1, 0.15) is 6.61 Å². The summed E-state index contributed by atoms with van der Waals surface area (Å²) < 4.78 is 11.1. The van der Waals surface area contributed by atoms with Crippen LogP contribution in [0.2, 0.25) is 10.0 Å². The Balaban J connectivity index is 1.95. The average Bonchev–Trinajstić information content (AvgIpc) is 2.73. The summed E-state index contributed by atoms with van der Waals surface area (Å²) in [6, 6.07) is 10.3. The predicted molar refractivity (Wildman–Crippen MR) is 117 cm³/mol. The van der Waals surface area contributed by atoms with E-state index >= 15 is 0 Å². The number of ether oxygens (including phenoxy) is 2. The molecule has 2 N–H and O–H groups in total. The lowest BCUT2D eigenvalue weighted by Gasteiger charge is -2.12. The molecule has 0 saturated carbocycles. The molecule has 7 nitrogen and oxygen atoms in total. The lowest BCUT2D eigenvalue weighted by Crippen LogP contribution is -2.38. The van der Waals surface area contributed by atoms with Crippen molar-refractivity contribution in [3.63, 3.8) is 0 Å². The van der Waals surface area contributed by atoms with Crippen molar-refractivity contribution in [1.82, 2.24) is 10.7 Å². The third-order valence-corrected chi connectivity index (χ3v) is 4.57. The van der Waals surface area contributed by atoms with Gasteiger partial charge in [-0.2, -0.15) is 5.10 Å². The van der Waals surface area contributed by atoms with Crippen molar-refractivity contribution in [3.05, 3.63) is 57.6 Å². The average molecular weight is 452 g/mol. The van der Waals surface area contributed by atoms with Gasteiger partial charge in [-0.3, -0.25) is 9.59 Å². The molecule has 0 unspecified atom stereocenters. The lowest BCUT2D eigenvalue weighted by atomic mass is 10.2. The number of benzene rings is 2. The van der Waals surface area contributed by atoms with Gasteiger partial charge in [-0.15, -0.1) is 0 Å². The number of halogens is 2. The highest BCUT2D eigenvalue weighted by atomic mass is 35.5. The summed E-state index contributed by atoms with van der Waals surface area (Å²) in [5, 5.41) is 7.38. The molecule has 30 heavy (non-hydrogen) atoms. The number of hydrazone groups is 1. The van der Waals surface area contributed by atoms with Gasteiger partial charge in [-0.1, -0.05) is 42.6 Å². The van der Waals surface area contributed by atoms with Gasteiger partial charge in [0, 0.05) is 22.2 Å². The topological polar surface area (TPSA) is 89.0 Å². The number of unbranched alkanes of at least 4 members (excludes halogenated alkanes) is 1. The van der Waals surface area contributed by atoms with Crippen molar-refractivity contribution in [2.45, 2.75) is 26.4 Å². The van der Waals surface area contributed by atoms with Crippen LogP contribution in [0.1, 0.15) is 30.9 Å². The van der Waals surface area contributed by atoms with E-state index in [9.17, 15) is 9.59 Å². The van der Waals surface area contributed by atoms with Crippen molar-refractivity contribution in [2.24, 2.45) is 5.10 Å². The molecule has 2 amide bonds. The van der Waals surface area contributed by atoms with Crippen LogP contribution in [0, 0.1) is 0 Å². The second-order valence-electron chi connectivity index (χ2n) is 6.24. The molecule has 0 saturated heterocycles. The minimum atomic E-state index is -0.825. The Morgan fingerprint density at radius 1 is 1.10 bits per heavy atom. The van der Waals surface area contributed by atoms with E-state index in [1.54, 1.807) is 36.4 Å². The maximum atomic E-state index is 11.7. The molecule has 0 radical (unpaired) electrons. The van der Waals surface area contributed by atoms with Crippen molar-refractivity contribution >= 4 is 41.2 Å². The minimum Gasteiger partial charge on any atom is -0.493 e. The van der Waals surface area contributed by atoms with Crippen molar-refractivity contribution < 1.29 is 19.1 Å². The molecule has 2 aromatic rings. The number of amides is 2. The van der Waals surface area contributed by atoms with Crippen LogP contribution >= 0.6 is 23.2 Å². The number of nitrogens with zero attached hydrogens (tertiary/aromatic N) is 1. The molecule has 0 aliphatic rings. The maximum Gasteiger partial charge on any atom is 0.329 e. The Kier molecular flexibility index (Phi) is 9.44. The highest BCUT2D eigenvalue weighted by Gasteiger charge is 2.11. The smallest absolute Gasteiger partial charge is 0.329 e. The molecule has 2 rings (SSSR count). The Morgan fingerprint density at radius 3 is 2.60 bits per heavy atom. The summed E-state index contributed by atoms with van der Waals surface area (Å²) in [5.74, 6) is -0.551. The fourth-order valence-electron chi connectivity index (χ4n) is 2.35. The Bertz CT molecular complexity index is 919. The van der Waals surface area contributed by atoms with Crippen molar-refractivity contribution in [3.8, 4) is 11.5 Å². The van der Waals surface area contributed by atoms with E-state index in [-0.39, 0.29) is 6.61 Å². The molecular weight excluding hydrogens is 429 g/mol. The third kappa shape index (κ3) is 7.24. The summed E-state index contributed by atoms with van der Waals surface area (Å²) in [7, 11) is 1.51. The largest absolute Gasteiger partial charge is 0.493 e. The van der Waals surface area contributed by atoms with Gasteiger partial charge in [-0.05, 0) is 42.3 Å². The van der Waals surface area contributed by atoms with E-state index in [4.69, 9.17) is 32.7 Å². The molecule has 0 heterocycles. The molecule has 0 bridgehead atoms. The number of methoxy groups -OCH3 is 1. The van der Waals surface area contributed by atoms with E-state index in [1.165, 1.54) is 13.3 Å². The Hall–Kier alpha value is -2.77. The van der Waals surface area contributed by atoms with Crippen LogP contribution < -0.4 is 20.2 Å². The number of rotatable bonds is 9. The van der Waals surface area contributed by atoms with E-state index in [2.05, 4.69) is 15.8 Å². The molecule has 0 atom stereocenters. The van der Waals surface area contributed by atoms with Gasteiger partial charge in [0.2, 0.25) is 0 Å². The Morgan fingerprint density at radius 2 is 1.90 bits per heavy atom. The van der Waals surface area contributed by atoms with Crippen LogP contribution in [-0.4, -0.2) is 31.7 Å². The highest BCUT2D eigenvalue weighted by molar-refractivity contribution is 6.35. The zero-order chi connectivity index (χ0) is 21.9. The van der Waals surface area contributed by atoms with E-state index in [0.29, 0.717) is 33.7 Å². The van der Waals surface area contributed by atoms with Crippen molar-refractivity contribution in [1.29, 1.82) is 0 Å². The number of carbonyl (C=O) groups excluding carboxylic acids is 2. The minimum absolute atomic E-state index is 0.239. The third-order valence-electron chi connectivity index (χ3n) is 3.99. The monoisotopic (exact) mass is 451 g/mol. The van der Waals surface area contributed by atoms with Crippen LogP contribution in [-0.2, 0) is 16.2 Å². The fourth-order valence-corrected chi connectivity index (χ4v) is 2.82. The quantitative estimate of drug-likeness (QED) is 0.261. The zero-order valence-corrected chi connectivity index (χ0v) is 18.2. The van der Waals surface area contributed by atoms with Crippen LogP contribution in [0.25, 0.3) is 0 Å². The van der Waals surface area contributed by atoms with Gasteiger partial charge >= 0.3 is 11.8 Å². The summed E-state index contributed by atoms with van der Waals surface area (Å²) in [4.78, 5) is 23.3. The summed E-state index contributed by atoms with van der Waals surface area (Å²) >= 11 is 12.1. The second kappa shape index (κ2) is 12.0. The summed E-state index contributed by atoms with van der Waals surface area (Å²) in [5.41, 5.74) is 3.62. The molecule has 0 aromatic heterocycles. The normalized spacial score (nSPS) is 10.7. The second-order valence-corrected chi connectivity index (χ2v) is 7.09. The fraction of sp³-hybridized carbons (Fsp3) is 0.286. The van der Waals surface area contributed by atoms with E-state index in [0.717, 1.165) is 18.4 Å². The molecule has 9 heteroatoms. The number of nitrogens with one attached hydrogen (secondary N) is 2. The molecule has 0 spiro atoms.